The van der Waals surface area contributed by atoms with Crippen molar-refractivity contribution in [1.29, 1.82) is 0 Å². The molecule has 100 valence electrons. The number of hydrogen-bond acceptors (Lipinski definition) is 1. The third kappa shape index (κ3) is 3.07. The van der Waals surface area contributed by atoms with Crippen LogP contribution in [0.15, 0.2) is 18.2 Å². The molecule has 0 unspecified atom stereocenters. The average Bonchev–Trinajstić information content (AvgIpc) is 2.26. The molecule has 0 heterocycles. The van der Waals surface area contributed by atoms with Crippen molar-refractivity contribution in [3.8, 4) is 0 Å². The maximum absolute atomic E-state index is 3.66. The number of rotatable bonds is 5. The SMILES string of the molecule is CC(C)c1ccc(NCC2CCC2)c(C(C)C)c1. The van der Waals surface area contributed by atoms with Crippen LogP contribution < -0.4 is 5.32 Å². The summed E-state index contributed by atoms with van der Waals surface area (Å²) in [4.78, 5) is 0. The summed E-state index contributed by atoms with van der Waals surface area (Å²) < 4.78 is 0. The van der Waals surface area contributed by atoms with E-state index in [1.165, 1.54) is 36.1 Å². The van der Waals surface area contributed by atoms with Crippen molar-refractivity contribution in [3.63, 3.8) is 0 Å². The van der Waals surface area contributed by atoms with Gasteiger partial charge in [-0.1, -0.05) is 46.2 Å². The summed E-state index contributed by atoms with van der Waals surface area (Å²) in [6.45, 7) is 10.3. The molecule has 0 atom stereocenters. The van der Waals surface area contributed by atoms with E-state index in [-0.39, 0.29) is 0 Å². The first kappa shape index (κ1) is 13.5. The van der Waals surface area contributed by atoms with Gasteiger partial charge in [0.2, 0.25) is 0 Å². The van der Waals surface area contributed by atoms with Gasteiger partial charge >= 0.3 is 0 Å². The van der Waals surface area contributed by atoms with Crippen molar-refractivity contribution < 1.29 is 0 Å². The molecule has 1 heteroatoms. The Kier molecular flexibility index (Phi) is 4.31. The van der Waals surface area contributed by atoms with Crippen LogP contribution in [0, 0.1) is 5.92 Å². The van der Waals surface area contributed by atoms with Crippen LogP contribution in [0.5, 0.6) is 0 Å². The van der Waals surface area contributed by atoms with Crippen LogP contribution in [0.1, 0.15) is 69.9 Å². The topological polar surface area (TPSA) is 12.0 Å². The normalized spacial score (nSPS) is 16.1. The lowest BCUT2D eigenvalue weighted by atomic mass is 9.85. The van der Waals surface area contributed by atoms with Crippen molar-refractivity contribution >= 4 is 5.69 Å². The van der Waals surface area contributed by atoms with Gasteiger partial charge in [-0.15, -0.1) is 0 Å². The van der Waals surface area contributed by atoms with Gasteiger partial charge in [-0.25, -0.2) is 0 Å². The van der Waals surface area contributed by atoms with Gasteiger partial charge in [-0.05, 0) is 47.8 Å². The van der Waals surface area contributed by atoms with Crippen LogP contribution in [0.2, 0.25) is 0 Å². The second kappa shape index (κ2) is 5.77. The quantitative estimate of drug-likeness (QED) is 0.757. The van der Waals surface area contributed by atoms with E-state index in [9.17, 15) is 0 Å². The molecule has 18 heavy (non-hydrogen) atoms. The highest BCUT2D eigenvalue weighted by Crippen LogP contribution is 2.31. The summed E-state index contributed by atoms with van der Waals surface area (Å²) in [6, 6.07) is 6.95. The van der Waals surface area contributed by atoms with Crippen LogP contribution in [0.4, 0.5) is 5.69 Å². The van der Waals surface area contributed by atoms with Crippen LogP contribution in [0.3, 0.4) is 0 Å². The summed E-state index contributed by atoms with van der Waals surface area (Å²) in [7, 11) is 0. The van der Waals surface area contributed by atoms with Gasteiger partial charge in [0.1, 0.15) is 0 Å². The lowest BCUT2D eigenvalue weighted by molar-refractivity contribution is 0.333. The van der Waals surface area contributed by atoms with Gasteiger partial charge in [0.05, 0.1) is 0 Å². The van der Waals surface area contributed by atoms with Gasteiger partial charge in [-0.2, -0.15) is 0 Å². The van der Waals surface area contributed by atoms with E-state index in [1.54, 1.807) is 0 Å². The van der Waals surface area contributed by atoms with Crippen LogP contribution in [-0.4, -0.2) is 6.54 Å². The zero-order valence-corrected chi connectivity index (χ0v) is 12.3. The summed E-state index contributed by atoms with van der Waals surface area (Å²) in [5.41, 5.74) is 4.27. The molecule has 1 saturated carbocycles. The van der Waals surface area contributed by atoms with Gasteiger partial charge in [0.25, 0.3) is 0 Å². The second-order valence-corrected chi connectivity index (χ2v) is 6.33. The van der Waals surface area contributed by atoms with E-state index in [4.69, 9.17) is 0 Å². The van der Waals surface area contributed by atoms with Crippen molar-refractivity contribution in [3.05, 3.63) is 29.3 Å². The molecule has 1 N–H and O–H groups in total. The van der Waals surface area contributed by atoms with Gasteiger partial charge in [-0.3, -0.25) is 0 Å². The molecule has 0 bridgehead atoms. The summed E-state index contributed by atoms with van der Waals surface area (Å²) in [5, 5.41) is 3.66. The Labute approximate surface area is 112 Å². The van der Waals surface area contributed by atoms with Gasteiger partial charge < -0.3 is 5.32 Å². The molecule has 0 spiro atoms. The summed E-state index contributed by atoms with van der Waals surface area (Å²) in [6.07, 6.45) is 4.25. The Bertz CT molecular complexity index is 389. The third-order valence-electron chi connectivity index (χ3n) is 4.17. The predicted molar refractivity (Wildman–Crippen MR) is 80.5 cm³/mol. The predicted octanol–water partition coefficient (Wildman–Crippen LogP) is 5.15. The van der Waals surface area contributed by atoms with E-state index in [0.29, 0.717) is 11.8 Å². The van der Waals surface area contributed by atoms with Gasteiger partial charge in [0.15, 0.2) is 0 Å². The minimum atomic E-state index is 0.590. The van der Waals surface area contributed by atoms with E-state index in [2.05, 4.69) is 51.2 Å². The molecule has 0 radical (unpaired) electrons. The highest BCUT2D eigenvalue weighted by molar-refractivity contribution is 5.54. The zero-order valence-electron chi connectivity index (χ0n) is 12.3. The molecule has 2 rings (SSSR count). The maximum atomic E-state index is 3.66. The molecule has 1 fully saturated rings. The maximum Gasteiger partial charge on any atom is 0.0375 e. The highest BCUT2D eigenvalue weighted by Gasteiger charge is 2.17. The molecule has 0 aromatic heterocycles. The number of anilines is 1. The Morgan fingerprint density at radius 1 is 1.11 bits per heavy atom. The Morgan fingerprint density at radius 3 is 2.33 bits per heavy atom. The van der Waals surface area contributed by atoms with E-state index < -0.39 is 0 Å². The van der Waals surface area contributed by atoms with E-state index in [1.807, 2.05) is 0 Å². The van der Waals surface area contributed by atoms with Gasteiger partial charge in [0, 0.05) is 12.2 Å². The van der Waals surface area contributed by atoms with Crippen molar-refractivity contribution in [2.24, 2.45) is 5.92 Å². The highest BCUT2D eigenvalue weighted by atomic mass is 14.9. The Morgan fingerprint density at radius 2 is 1.83 bits per heavy atom. The fourth-order valence-electron chi connectivity index (χ4n) is 2.53. The largest absolute Gasteiger partial charge is 0.385 e. The first-order valence-electron chi connectivity index (χ1n) is 7.45. The second-order valence-electron chi connectivity index (χ2n) is 6.33. The molecule has 0 aliphatic heterocycles. The first-order chi connectivity index (χ1) is 8.58. The Hall–Kier alpha value is -0.980. The number of hydrogen-bond donors (Lipinski definition) is 1. The molecule has 1 aromatic carbocycles. The molecule has 1 aliphatic carbocycles. The van der Waals surface area contributed by atoms with Crippen molar-refractivity contribution in [2.45, 2.75) is 58.8 Å². The number of benzene rings is 1. The molecule has 1 aromatic rings. The lowest BCUT2D eigenvalue weighted by Gasteiger charge is -2.27. The number of nitrogens with one attached hydrogen (secondary N) is 1. The fourth-order valence-corrected chi connectivity index (χ4v) is 2.53. The fraction of sp³-hybridized carbons (Fsp3) is 0.647. The minimum Gasteiger partial charge on any atom is -0.385 e. The molecule has 0 saturated heterocycles. The smallest absolute Gasteiger partial charge is 0.0375 e. The molecular formula is C17H27N. The molecule has 0 amide bonds. The Balaban J connectivity index is 2.11. The van der Waals surface area contributed by atoms with E-state index in [0.717, 1.165) is 12.5 Å². The first-order valence-corrected chi connectivity index (χ1v) is 7.45. The minimum absolute atomic E-state index is 0.590. The standard InChI is InChI=1S/C17H27N/c1-12(2)15-8-9-17(16(10-15)13(3)4)18-11-14-6-5-7-14/h8-10,12-14,18H,5-7,11H2,1-4H3. The zero-order chi connectivity index (χ0) is 13.1. The van der Waals surface area contributed by atoms with Crippen molar-refractivity contribution in [1.82, 2.24) is 0 Å². The molecule has 1 nitrogen and oxygen atoms in total. The van der Waals surface area contributed by atoms with E-state index >= 15 is 0 Å². The summed E-state index contributed by atoms with van der Waals surface area (Å²) >= 11 is 0. The molecule has 1 aliphatic rings. The summed E-state index contributed by atoms with van der Waals surface area (Å²) in [5.74, 6) is 2.12. The average molecular weight is 245 g/mol. The monoisotopic (exact) mass is 245 g/mol. The molecular weight excluding hydrogens is 218 g/mol. The van der Waals surface area contributed by atoms with Crippen LogP contribution >= 0.6 is 0 Å². The van der Waals surface area contributed by atoms with Crippen LogP contribution in [-0.2, 0) is 0 Å². The lowest BCUT2D eigenvalue weighted by Crippen LogP contribution is -2.21. The van der Waals surface area contributed by atoms with Crippen LogP contribution in [0.25, 0.3) is 0 Å². The van der Waals surface area contributed by atoms with Crippen molar-refractivity contribution in [2.75, 3.05) is 11.9 Å². The third-order valence-corrected chi connectivity index (χ3v) is 4.17.